The summed E-state index contributed by atoms with van der Waals surface area (Å²) in [6.45, 7) is 1.97. The van der Waals surface area contributed by atoms with Crippen molar-refractivity contribution in [2.24, 2.45) is 5.92 Å². The summed E-state index contributed by atoms with van der Waals surface area (Å²) in [5, 5.41) is 14.3. The van der Waals surface area contributed by atoms with E-state index in [2.05, 4.69) is 5.32 Å². The molecule has 0 aromatic heterocycles. The molecule has 0 spiro atoms. The van der Waals surface area contributed by atoms with Crippen LogP contribution in [0.25, 0.3) is 0 Å². The molecule has 0 aliphatic carbocycles. The van der Waals surface area contributed by atoms with Crippen LogP contribution in [-0.4, -0.2) is 30.4 Å². The van der Waals surface area contributed by atoms with Crippen molar-refractivity contribution in [1.82, 2.24) is 0 Å². The van der Waals surface area contributed by atoms with Crippen LogP contribution in [0.3, 0.4) is 0 Å². The standard InChI is InChI=1S/C19H18ClN3O5/c1-11-14(20)4-3-5-16(11)22-10-12(8-18(22)24)19(25)21-15-9-13(28-2)6-7-17(15)23(26)27/h3-7,9,12H,8,10H2,1-2H3,(H,21,25)/t12-/m1/s1. The van der Waals surface area contributed by atoms with Gasteiger partial charge < -0.3 is 15.0 Å². The third-order valence-electron chi connectivity index (χ3n) is 4.68. The van der Waals surface area contributed by atoms with Gasteiger partial charge >= 0.3 is 0 Å². The minimum atomic E-state index is -0.642. The minimum absolute atomic E-state index is 0.00948. The second kappa shape index (κ2) is 7.85. The molecular formula is C19H18ClN3O5. The normalized spacial score (nSPS) is 16.2. The molecule has 8 nitrogen and oxygen atoms in total. The first kappa shape index (κ1) is 19.6. The molecule has 1 atom stereocenters. The Morgan fingerprint density at radius 1 is 1.36 bits per heavy atom. The zero-order valence-corrected chi connectivity index (χ0v) is 16.0. The third-order valence-corrected chi connectivity index (χ3v) is 5.09. The number of carbonyl (C=O) groups excluding carboxylic acids is 2. The predicted octanol–water partition coefficient (Wildman–Crippen LogP) is 3.56. The number of anilines is 2. The van der Waals surface area contributed by atoms with E-state index in [1.807, 2.05) is 0 Å². The highest BCUT2D eigenvalue weighted by molar-refractivity contribution is 6.31. The number of nitro benzene ring substituents is 1. The number of nitrogens with one attached hydrogen (secondary N) is 1. The number of hydrogen-bond acceptors (Lipinski definition) is 5. The number of methoxy groups -OCH3 is 1. The molecule has 1 N–H and O–H groups in total. The molecule has 1 aliphatic heterocycles. The molecule has 146 valence electrons. The molecular weight excluding hydrogens is 386 g/mol. The molecule has 0 bridgehead atoms. The van der Waals surface area contributed by atoms with E-state index in [1.54, 1.807) is 25.1 Å². The van der Waals surface area contributed by atoms with Crippen LogP contribution in [0.5, 0.6) is 5.75 Å². The van der Waals surface area contributed by atoms with E-state index >= 15 is 0 Å². The molecule has 1 fully saturated rings. The van der Waals surface area contributed by atoms with E-state index < -0.39 is 16.7 Å². The number of benzene rings is 2. The van der Waals surface area contributed by atoms with Gasteiger partial charge in [-0.05, 0) is 30.7 Å². The van der Waals surface area contributed by atoms with Crippen LogP contribution in [0.4, 0.5) is 17.1 Å². The monoisotopic (exact) mass is 403 g/mol. The number of halogens is 1. The Labute approximate surface area is 166 Å². The highest BCUT2D eigenvalue weighted by Crippen LogP contribution is 2.33. The van der Waals surface area contributed by atoms with Crippen molar-refractivity contribution < 1.29 is 19.2 Å². The molecule has 0 unspecified atom stereocenters. The van der Waals surface area contributed by atoms with Crippen LogP contribution in [0.2, 0.25) is 5.02 Å². The van der Waals surface area contributed by atoms with Gasteiger partial charge in [0.2, 0.25) is 11.8 Å². The number of ether oxygens (including phenoxy) is 1. The lowest BCUT2D eigenvalue weighted by Gasteiger charge is -2.19. The van der Waals surface area contributed by atoms with Gasteiger partial charge in [0.15, 0.2) is 0 Å². The molecule has 1 saturated heterocycles. The highest BCUT2D eigenvalue weighted by atomic mass is 35.5. The summed E-state index contributed by atoms with van der Waals surface area (Å²) in [5.41, 5.74) is 1.18. The number of rotatable bonds is 5. The topological polar surface area (TPSA) is 102 Å². The van der Waals surface area contributed by atoms with Crippen molar-refractivity contribution in [3.8, 4) is 5.75 Å². The quantitative estimate of drug-likeness (QED) is 0.607. The molecule has 3 rings (SSSR count). The molecule has 2 aromatic carbocycles. The van der Waals surface area contributed by atoms with Crippen LogP contribution >= 0.6 is 11.6 Å². The summed E-state index contributed by atoms with van der Waals surface area (Å²) in [5.74, 6) is -0.936. The van der Waals surface area contributed by atoms with Gasteiger partial charge in [0.1, 0.15) is 11.4 Å². The Morgan fingerprint density at radius 2 is 2.11 bits per heavy atom. The first-order chi connectivity index (χ1) is 13.3. The Bertz CT molecular complexity index is 963. The van der Waals surface area contributed by atoms with Crippen molar-refractivity contribution >= 4 is 40.5 Å². The maximum absolute atomic E-state index is 12.7. The van der Waals surface area contributed by atoms with Gasteiger partial charge in [0, 0.05) is 35.8 Å². The van der Waals surface area contributed by atoms with Crippen LogP contribution in [0.1, 0.15) is 12.0 Å². The first-order valence-corrected chi connectivity index (χ1v) is 8.88. The van der Waals surface area contributed by atoms with E-state index in [9.17, 15) is 19.7 Å². The number of nitro groups is 1. The van der Waals surface area contributed by atoms with Gasteiger partial charge in [-0.1, -0.05) is 17.7 Å². The van der Waals surface area contributed by atoms with Gasteiger partial charge in [-0.3, -0.25) is 19.7 Å². The van der Waals surface area contributed by atoms with Gasteiger partial charge in [0.05, 0.1) is 18.0 Å². The third kappa shape index (κ3) is 3.77. The molecule has 0 radical (unpaired) electrons. The van der Waals surface area contributed by atoms with Crippen LogP contribution in [-0.2, 0) is 9.59 Å². The molecule has 0 saturated carbocycles. The second-order valence-corrected chi connectivity index (χ2v) is 6.83. The summed E-state index contributed by atoms with van der Waals surface area (Å²) in [6.07, 6.45) is 0.00948. The smallest absolute Gasteiger partial charge is 0.293 e. The van der Waals surface area contributed by atoms with E-state index in [4.69, 9.17) is 16.3 Å². The lowest BCUT2D eigenvalue weighted by atomic mass is 10.1. The number of amides is 2. The number of nitrogens with zero attached hydrogens (tertiary/aromatic N) is 2. The fourth-order valence-corrected chi connectivity index (χ4v) is 3.31. The molecule has 9 heteroatoms. The molecule has 28 heavy (non-hydrogen) atoms. The van der Waals surface area contributed by atoms with Crippen LogP contribution < -0.4 is 15.0 Å². The fraction of sp³-hybridized carbons (Fsp3) is 0.263. The van der Waals surface area contributed by atoms with Crippen LogP contribution in [0.15, 0.2) is 36.4 Å². The molecule has 2 aromatic rings. The van der Waals surface area contributed by atoms with Gasteiger partial charge in [-0.2, -0.15) is 0 Å². The highest BCUT2D eigenvalue weighted by Gasteiger charge is 2.36. The zero-order chi connectivity index (χ0) is 20.4. The summed E-state index contributed by atoms with van der Waals surface area (Å²) in [6, 6.07) is 9.32. The fourth-order valence-electron chi connectivity index (χ4n) is 3.14. The molecule has 1 aliphatic rings. The lowest BCUT2D eigenvalue weighted by molar-refractivity contribution is -0.383. The van der Waals surface area contributed by atoms with Gasteiger partial charge in [0.25, 0.3) is 5.69 Å². The van der Waals surface area contributed by atoms with Gasteiger partial charge in [-0.15, -0.1) is 0 Å². The van der Waals surface area contributed by atoms with Crippen molar-refractivity contribution in [1.29, 1.82) is 0 Å². The first-order valence-electron chi connectivity index (χ1n) is 8.50. The van der Waals surface area contributed by atoms with E-state index in [1.165, 1.54) is 30.2 Å². The van der Waals surface area contributed by atoms with Gasteiger partial charge in [-0.25, -0.2) is 0 Å². The second-order valence-electron chi connectivity index (χ2n) is 6.42. The summed E-state index contributed by atoms with van der Waals surface area (Å²) < 4.78 is 5.06. The van der Waals surface area contributed by atoms with E-state index in [0.29, 0.717) is 16.5 Å². The van der Waals surface area contributed by atoms with Crippen molar-refractivity contribution in [2.75, 3.05) is 23.9 Å². The average Bonchev–Trinajstić information content (AvgIpc) is 3.05. The van der Waals surface area contributed by atoms with Crippen molar-refractivity contribution in [3.63, 3.8) is 0 Å². The lowest BCUT2D eigenvalue weighted by Crippen LogP contribution is -2.28. The SMILES string of the molecule is COc1ccc([N+](=O)[O-])c(NC(=O)[C@@H]2CC(=O)N(c3cccc(Cl)c3C)C2)c1. The minimum Gasteiger partial charge on any atom is -0.497 e. The molecule has 1 heterocycles. The summed E-state index contributed by atoms with van der Waals surface area (Å²) in [4.78, 5) is 37.3. The molecule has 2 amide bonds. The average molecular weight is 404 g/mol. The van der Waals surface area contributed by atoms with Crippen molar-refractivity contribution in [2.45, 2.75) is 13.3 Å². The zero-order valence-electron chi connectivity index (χ0n) is 15.3. The Kier molecular flexibility index (Phi) is 5.51. The van der Waals surface area contributed by atoms with Crippen molar-refractivity contribution in [3.05, 3.63) is 57.1 Å². The predicted molar refractivity (Wildman–Crippen MR) is 105 cm³/mol. The summed E-state index contributed by atoms with van der Waals surface area (Å²) in [7, 11) is 1.42. The van der Waals surface area contributed by atoms with Crippen LogP contribution in [0, 0.1) is 23.0 Å². The maximum Gasteiger partial charge on any atom is 0.293 e. The summed E-state index contributed by atoms with van der Waals surface area (Å²) >= 11 is 6.13. The Balaban J connectivity index is 1.81. The number of hydrogen-bond donors (Lipinski definition) is 1. The Hall–Kier alpha value is -3.13. The van der Waals surface area contributed by atoms with E-state index in [0.717, 1.165) is 5.56 Å². The number of carbonyl (C=O) groups is 2. The largest absolute Gasteiger partial charge is 0.497 e. The maximum atomic E-state index is 12.7. The van der Waals surface area contributed by atoms with E-state index in [-0.39, 0.29) is 30.2 Å². The Morgan fingerprint density at radius 3 is 2.79 bits per heavy atom.